The van der Waals surface area contributed by atoms with Gasteiger partial charge in [-0.3, -0.25) is 0 Å². The van der Waals surface area contributed by atoms with E-state index >= 15 is 0 Å². The highest BCUT2D eigenvalue weighted by atomic mass is 31.1. The Hall–Kier alpha value is 0.780. The normalized spacial score (nSPS) is 32.0. The molecule has 0 bridgehead atoms. The minimum absolute atomic E-state index is 0.0386. The fraction of sp³-hybridized carbons (Fsp3) is 1.00. The molecule has 3 saturated heterocycles. The van der Waals surface area contributed by atoms with E-state index in [9.17, 15) is 0 Å². The summed E-state index contributed by atoms with van der Waals surface area (Å²) in [6.07, 6.45) is 10.8. The number of ether oxygens (including phenoxy) is 2. The van der Waals surface area contributed by atoms with E-state index in [-0.39, 0.29) is 21.6 Å². The second-order valence-electron chi connectivity index (χ2n) is 11.7. The predicted molar refractivity (Wildman–Crippen MR) is 122 cm³/mol. The summed E-state index contributed by atoms with van der Waals surface area (Å²) in [5.41, 5.74) is 0. The van der Waals surface area contributed by atoms with Crippen LogP contribution >= 0.6 is 15.8 Å². The van der Waals surface area contributed by atoms with Crippen molar-refractivity contribution < 1.29 is 9.47 Å². The average molecular weight is 415 g/mol. The molecule has 3 heterocycles. The summed E-state index contributed by atoms with van der Waals surface area (Å²) in [4.78, 5) is 0. The minimum Gasteiger partial charge on any atom is -0.347 e. The maximum absolute atomic E-state index is 6.15. The first-order chi connectivity index (χ1) is 12.3. The lowest BCUT2D eigenvalue weighted by molar-refractivity contribution is -0.178. The van der Waals surface area contributed by atoms with Gasteiger partial charge < -0.3 is 9.47 Å². The Morgan fingerprint density at radius 1 is 0.630 bits per heavy atom. The second-order valence-corrected chi connectivity index (χ2v) is 19.2. The van der Waals surface area contributed by atoms with E-state index in [1.807, 2.05) is 0 Å². The van der Waals surface area contributed by atoms with Gasteiger partial charge in [-0.25, -0.2) is 0 Å². The molecule has 1 spiro atoms. The van der Waals surface area contributed by atoms with Gasteiger partial charge in [-0.2, -0.15) is 0 Å². The molecular weight excluding hydrogens is 370 g/mol. The molecule has 0 aromatic heterocycles. The molecule has 2 nitrogen and oxygen atoms in total. The monoisotopic (exact) mass is 414 g/mol. The van der Waals surface area contributed by atoms with Gasteiger partial charge in [0.25, 0.3) is 0 Å². The van der Waals surface area contributed by atoms with Crippen molar-refractivity contribution in [3.05, 3.63) is 0 Å². The van der Waals surface area contributed by atoms with Crippen LogP contribution in [-0.4, -0.2) is 51.9 Å². The first-order valence-corrected chi connectivity index (χ1v) is 14.2. The molecule has 0 aliphatic carbocycles. The summed E-state index contributed by atoms with van der Waals surface area (Å²) in [5.74, 6) is -0.288. The zero-order valence-corrected chi connectivity index (χ0v) is 21.1. The van der Waals surface area contributed by atoms with E-state index in [1.165, 1.54) is 38.0 Å². The van der Waals surface area contributed by atoms with Crippen LogP contribution in [-0.2, 0) is 9.47 Å². The summed E-state index contributed by atoms with van der Waals surface area (Å²) >= 11 is 0. The fourth-order valence-corrected chi connectivity index (χ4v) is 15.3. The summed E-state index contributed by atoms with van der Waals surface area (Å²) < 4.78 is 12.3. The Morgan fingerprint density at radius 3 is 1.48 bits per heavy atom. The maximum Gasteiger partial charge on any atom is 0.170 e. The van der Waals surface area contributed by atoms with Crippen molar-refractivity contribution in [3.63, 3.8) is 0 Å². The van der Waals surface area contributed by atoms with Gasteiger partial charge in [0.1, 0.15) is 0 Å². The van der Waals surface area contributed by atoms with Gasteiger partial charge in [-0.1, -0.05) is 77.7 Å². The van der Waals surface area contributed by atoms with Crippen LogP contribution in [0.2, 0.25) is 0 Å². The van der Waals surface area contributed by atoms with Crippen LogP contribution < -0.4 is 0 Å². The first-order valence-electron chi connectivity index (χ1n) is 11.1. The van der Waals surface area contributed by atoms with Crippen molar-refractivity contribution in [2.45, 2.75) is 120 Å². The third kappa shape index (κ3) is 4.60. The standard InChI is InChI=1S/C23H44O2P2/c1-19(2)11-9-12-20(3,4)26(19)15-10-16-27-21(5,6)17-23(18-22(27,7)8)24-13-14-25-23/h9-18H2,1-8H3. The molecule has 0 amide bonds. The molecule has 0 radical (unpaired) electrons. The van der Waals surface area contributed by atoms with E-state index in [0.29, 0.717) is 20.6 Å². The summed E-state index contributed by atoms with van der Waals surface area (Å²) in [7, 11) is 0.0604. The van der Waals surface area contributed by atoms with Gasteiger partial charge in [0.05, 0.1) is 13.2 Å². The van der Waals surface area contributed by atoms with Gasteiger partial charge >= 0.3 is 0 Å². The average Bonchev–Trinajstić information content (AvgIpc) is 2.89. The van der Waals surface area contributed by atoms with Crippen molar-refractivity contribution in [3.8, 4) is 0 Å². The van der Waals surface area contributed by atoms with Crippen LogP contribution in [0.5, 0.6) is 0 Å². The largest absolute Gasteiger partial charge is 0.347 e. The van der Waals surface area contributed by atoms with Crippen LogP contribution in [0.4, 0.5) is 0 Å². The van der Waals surface area contributed by atoms with Gasteiger partial charge in [-0.05, 0) is 52.2 Å². The molecule has 3 rings (SSSR count). The van der Waals surface area contributed by atoms with E-state index in [0.717, 1.165) is 26.1 Å². The Bertz CT molecular complexity index is 496. The molecular formula is C23H44O2P2. The van der Waals surface area contributed by atoms with Crippen molar-refractivity contribution in [1.82, 2.24) is 0 Å². The van der Waals surface area contributed by atoms with Crippen LogP contribution in [0.1, 0.15) is 93.9 Å². The SMILES string of the molecule is CC1(C)CCCC(C)(C)P1CCCP1C(C)(C)CC2(CC1(C)C)OCCO2. The molecule has 3 aliphatic heterocycles. The Morgan fingerprint density at radius 2 is 1.04 bits per heavy atom. The lowest BCUT2D eigenvalue weighted by Crippen LogP contribution is -2.51. The number of hydrogen-bond acceptors (Lipinski definition) is 2. The summed E-state index contributed by atoms with van der Waals surface area (Å²) in [6, 6.07) is 0. The quantitative estimate of drug-likeness (QED) is 0.454. The molecule has 0 atom stereocenters. The zero-order valence-electron chi connectivity index (χ0n) is 19.3. The lowest BCUT2D eigenvalue weighted by atomic mass is 9.91. The highest BCUT2D eigenvalue weighted by Gasteiger charge is 2.56. The van der Waals surface area contributed by atoms with Crippen LogP contribution in [0.3, 0.4) is 0 Å². The zero-order chi connectivity index (χ0) is 20.1. The lowest BCUT2D eigenvalue weighted by Gasteiger charge is -2.56. The second kappa shape index (κ2) is 7.48. The van der Waals surface area contributed by atoms with E-state index < -0.39 is 0 Å². The molecule has 4 heteroatoms. The minimum atomic E-state index is -0.288. The van der Waals surface area contributed by atoms with Crippen molar-refractivity contribution in [2.24, 2.45) is 0 Å². The Balaban J connectivity index is 1.66. The number of hydrogen-bond donors (Lipinski definition) is 0. The van der Waals surface area contributed by atoms with E-state index in [4.69, 9.17) is 9.47 Å². The molecule has 27 heavy (non-hydrogen) atoms. The predicted octanol–water partition coefficient (Wildman–Crippen LogP) is 7.18. The fourth-order valence-electron chi connectivity index (χ4n) is 6.73. The molecule has 0 aromatic carbocycles. The van der Waals surface area contributed by atoms with Gasteiger partial charge in [0, 0.05) is 12.8 Å². The number of rotatable bonds is 4. The van der Waals surface area contributed by atoms with E-state index in [1.54, 1.807) is 0 Å². The third-order valence-electron chi connectivity index (χ3n) is 7.48. The van der Waals surface area contributed by atoms with Gasteiger partial charge in [0.15, 0.2) is 5.79 Å². The smallest absolute Gasteiger partial charge is 0.170 e. The maximum atomic E-state index is 6.15. The highest BCUT2D eigenvalue weighted by molar-refractivity contribution is 7.62. The summed E-state index contributed by atoms with van der Waals surface area (Å²) in [6.45, 7) is 21.7. The highest BCUT2D eigenvalue weighted by Crippen LogP contribution is 2.70. The van der Waals surface area contributed by atoms with Crippen molar-refractivity contribution in [1.29, 1.82) is 0 Å². The van der Waals surface area contributed by atoms with Crippen LogP contribution in [0.15, 0.2) is 0 Å². The first kappa shape index (κ1) is 22.5. The van der Waals surface area contributed by atoms with Crippen LogP contribution in [0.25, 0.3) is 0 Å². The van der Waals surface area contributed by atoms with Gasteiger partial charge in [0.2, 0.25) is 0 Å². The molecule has 158 valence electrons. The van der Waals surface area contributed by atoms with Gasteiger partial charge in [-0.15, -0.1) is 0 Å². The van der Waals surface area contributed by atoms with Crippen molar-refractivity contribution in [2.75, 3.05) is 25.5 Å². The van der Waals surface area contributed by atoms with Crippen LogP contribution in [0, 0.1) is 0 Å². The third-order valence-corrected chi connectivity index (χ3v) is 15.6. The molecule has 0 N–H and O–H groups in total. The Kier molecular flexibility index (Phi) is 6.22. The Labute approximate surface area is 171 Å². The van der Waals surface area contributed by atoms with Crippen molar-refractivity contribution >= 4 is 15.8 Å². The molecule has 0 saturated carbocycles. The molecule has 0 unspecified atom stereocenters. The summed E-state index contributed by atoms with van der Waals surface area (Å²) in [5, 5.41) is 1.81. The topological polar surface area (TPSA) is 18.5 Å². The molecule has 3 fully saturated rings. The molecule has 3 aliphatic rings. The molecule has 0 aromatic rings. The van der Waals surface area contributed by atoms with E-state index in [2.05, 4.69) is 55.4 Å².